The molecule has 3 rings (SSSR count). The van der Waals surface area contributed by atoms with Crippen molar-refractivity contribution in [3.8, 4) is 5.75 Å². The number of aryl methyl sites for hydroxylation is 1. The van der Waals surface area contributed by atoms with Gasteiger partial charge >= 0.3 is 0 Å². The van der Waals surface area contributed by atoms with Gasteiger partial charge in [-0.3, -0.25) is 4.79 Å². The first-order valence-electron chi connectivity index (χ1n) is 8.60. The standard InChI is InChI=1S/C20H19Br2N3O2/c1-4-19-24-17-7-6-14(21)10-15(17)20(26)25(19)23-11-13-5-8-18(16(22)9-13)27-12(2)3/h5-12H,4H2,1-3H3. The minimum Gasteiger partial charge on any atom is -0.490 e. The van der Waals surface area contributed by atoms with Crippen LogP contribution in [0.1, 0.15) is 32.2 Å². The van der Waals surface area contributed by atoms with Crippen molar-refractivity contribution in [1.82, 2.24) is 9.66 Å². The highest BCUT2D eigenvalue weighted by atomic mass is 79.9. The van der Waals surface area contributed by atoms with Crippen molar-refractivity contribution < 1.29 is 4.74 Å². The quantitative estimate of drug-likeness (QED) is 0.462. The molecule has 27 heavy (non-hydrogen) atoms. The van der Waals surface area contributed by atoms with Crippen LogP contribution in [-0.4, -0.2) is 22.0 Å². The Morgan fingerprint density at radius 1 is 1.22 bits per heavy atom. The van der Waals surface area contributed by atoms with Crippen molar-refractivity contribution in [3.63, 3.8) is 0 Å². The van der Waals surface area contributed by atoms with Crippen molar-refractivity contribution in [3.05, 3.63) is 67.1 Å². The summed E-state index contributed by atoms with van der Waals surface area (Å²) in [5.74, 6) is 1.38. The SMILES string of the molecule is CCc1nc2ccc(Br)cc2c(=O)n1N=Cc1ccc(OC(C)C)c(Br)c1. The van der Waals surface area contributed by atoms with Gasteiger partial charge in [0.15, 0.2) is 0 Å². The van der Waals surface area contributed by atoms with Crippen LogP contribution in [0.4, 0.5) is 0 Å². The van der Waals surface area contributed by atoms with Crippen molar-refractivity contribution in [2.75, 3.05) is 0 Å². The molecule has 0 aliphatic rings. The van der Waals surface area contributed by atoms with Crippen molar-refractivity contribution in [2.24, 2.45) is 5.10 Å². The molecule has 1 aromatic heterocycles. The smallest absolute Gasteiger partial charge is 0.282 e. The molecule has 2 aromatic carbocycles. The number of halogens is 2. The monoisotopic (exact) mass is 491 g/mol. The average molecular weight is 493 g/mol. The third-order valence-electron chi connectivity index (χ3n) is 3.83. The van der Waals surface area contributed by atoms with Crippen molar-refractivity contribution >= 4 is 49.0 Å². The zero-order chi connectivity index (χ0) is 19.6. The van der Waals surface area contributed by atoms with Gasteiger partial charge < -0.3 is 4.74 Å². The molecule has 0 saturated carbocycles. The molecule has 0 aliphatic carbocycles. The van der Waals surface area contributed by atoms with E-state index in [1.807, 2.05) is 51.1 Å². The molecular weight excluding hydrogens is 474 g/mol. The molecule has 0 saturated heterocycles. The Morgan fingerprint density at radius 3 is 2.67 bits per heavy atom. The molecule has 0 amide bonds. The van der Waals surface area contributed by atoms with Gasteiger partial charge in [-0.2, -0.15) is 9.78 Å². The maximum atomic E-state index is 12.9. The summed E-state index contributed by atoms with van der Waals surface area (Å²) in [5, 5.41) is 4.93. The lowest BCUT2D eigenvalue weighted by atomic mass is 10.2. The molecule has 0 unspecified atom stereocenters. The molecule has 140 valence electrons. The molecule has 5 nitrogen and oxygen atoms in total. The normalized spacial score (nSPS) is 11.6. The molecule has 0 aliphatic heterocycles. The van der Waals surface area contributed by atoms with Crippen LogP contribution in [0.15, 0.2) is 55.2 Å². The van der Waals surface area contributed by atoms with Crippen LogP contribution in [0.25, 0.3) is 10.9 Å². The maximum Gasteiger partial charge on any atom is 0.282 e. The highest BCUT2D eigenvalue weighted by molar-refractivity contribution is 9.10. The predicted molar refractivity (Wildman–Crippen MR) is 116 cm³/mol. The lowest BCUT2D eigenvalue weighted by Crippen LogP contribution is -2.22. The maximum absolute atomic E-state index is 12.9. The van der Waals surface area contributed by atoms with Gasteiger partial charge in [0.05, 0.1) is 27.7 Å². The third-order valence-corrected chi connectivity index (χ3v) is 4.95. The number of rotatable bonds is 5. The van der Waals surface area contributed by atoms with Crippen LogP contribution < -0.4 is 10.3 Å². The van der Waals surface area contributed by atoms with Gasteiger partial charge in [-0.25, -0.2) is 4.98 Å². The summed E-state index contributed by atoms with van der Waals surface area (Å²) in [4.78, 5) is 17.5. The van der Waals surface area contributed by atoms with Crippen LogP contribution in [0, 0.1) is 0 Å². The molecule has 1 heterocycles. The number of hydrogen-bond acceptors (Lipinski definition) is 4. The summed E-state index contributed by atoms with van der Waals surface area (Å²) in [5.41, 5.74) is 1.33. The fourth-order valence-electron chi connectivity index (χ4n) is 2.61. The van der Waals surface area contributed by atoms with Crippen LogP contribution in [0.5, 0.6) is 5.75 Å². The zero-order valence-electron chi connectivity index (χ0n) is 15.2. The third kappa shape index (κ3) is 4.47. The van der Waals surface area contributed by atoms with E-state index in [1.54, 1.807) is 12.3 Å². The average Bonchev–Trinajstić information content (AvgIpc) is 2.63. The summed E-state index contributed by atoms with van der Waals surface area (Å²) in [6.07, 6.45) is 2.34. The molecular formula is C20H19Br2N3O2. The van der Waals surface area contributed by atoms with E-state index < -0.39 is 0 Å². The summed E-state index contributed by atoms with van der Waals surface area (Å²) in [6.45, 7) is 5.91. The van der Waals surface area contributed by atoms with E-state index in [0.717, 1.165) is 20.3 Å². The Morgan fingerprint density at radius 2 is 2.00 bits per heavy atom. The minimum absolute atomic E-state index is 0.0921. The molecule has 0 atom stereocenters. The van der Waals surface area contributed by atoms with E-state index in [9.17, 15) is 4.79 Å². The number of nitrogens with zero attached hydrogens (tertiary/aromatic N) is 3. The molecule has 0 N–H and O–H groups in total. The largest absolute Gasteiger partial charge is 0.490 e. The lowest BCUT2D eigenvalue weighted by Gasteiger charge is -2.11. The topological polar surface area (TPSA) is 56.5 Å². The van der Waals surface area contributed by atoms with Gasteiger partial charge in [-0.1, -0.05) is 22.9 Å². The fraction of sp³-hybridized carbons (Fsp3) is 0.250. The molecule has 0 fully saturated rings. The highest BCUT2D eigenvalue weighted by Crippen LogP contribution is 2.26. The molecule has 0 spiro atoms. The zero-order valence-corrected chi connectivity index (χ0v) is 18.4. The summed E-state index contributed by atoms with van der Waals surface area (Å²) in [7, 11) is 0. The van der Waals surface area contributed by atoms with Gasteiger partial charge in [0.25, 0.3) is 5.56 Å². The van der Waals surface area contributed by atoms with Gasteiger partial charge in [0.1, 0.15) is 11.6 Å². The highest BCUT2D eigenvalue weighted by Gasteiger charge is 2.10. The Kier molecular flexibility index (Phi) is 6.11. The number of hydrogen-bond donors (Lipinski definition) is 0. The van der Waals surface area contributed by atoms with Crippen LogP contribution in [-0.2, 0) is 6.42 Å². The van der Waals surface area contributed by atoms with E-state index in [0.29, 0.717) is 23.1 Å². The van der Waals surface area contributed by atoms with E-state index in [2.05, 4.69) is 41.9 Å². The van der Waals surface area contributed by atoms with Crippen LogP contribution in [0.2, 0.25) is 0 Å². The second-order valence-corrected chi connectivity index (χ2v) is 8.03. The summed E-state index contributed by atoms with van der Waals surface area (Å²) < 4.78 is 8.75. The number of benzene rings is 2. The predicted octanol–water partition coefficient (Wildman–Crippen LogP) is 5.15. The van der Waals surface area contributed by atoms with Crippen molar-refractivity contribution in [2.45, 2.75) is 33.3 Å². The molecule has 7 heteroatoms. The number of ether oxygens (including phenoxy) is 1. The first-order chi connectivity index (χ1) is 12.9. The molecule has 0 bridgehead atoms. The van der Waals surface area contributed by atoms with E-state index in [4.69, 9.17) is 4.74 Å². The van der Waals surface area contributed by atoms with E-state index in [-0.39, 0.29) is 11.7 Å². The molecule has 0 radical (unpaired) electrons. The van der Waals surface area contributed by atoms with Gasteiger partial charge in [-0.15, -0.1) is 0 Å². The van der Waals surface area contributed by atoms with Crippen molar-refractivity contribution in [1.29, 1.82) is 0 Å². The number of aromatic nitrogens is 2. The first kappa shape index (κ1) is 19.8. The Bertz CT molecular complexity index is 1070. The Balaban J connectivity index is 2.02. The second-order valence-electron chi connectivity index (χ2n) is 6.26. The summed E-state index contributed by atoms with van der Waals surface area (Å²) in [6, 6.07) is 11.2. The van der Waals surface area contributed by atoms with E-state index in [1.165, 1.54) is 4.68 Å². The first-order valence-corrected chi connectivity index (χ1v) is 10.2. The van der Waals surface area contributed by atoms with Crippen LogP contribution in [0.3, 0.4) is 0 Å². The fourth-order valence-corrected chi connectivity index (χ4v) is 3.47. The van der Waals surface area contributed by atoms with E-state index >= 15 is 0 Å². The van der Waals surface area contributed by atoms with Gasteiger partial charge in [0, 0.05) is 10.9 Å². The second kappa shape index (κ2) is 8.35. The minimum atomic E-state index is -0.187. The lowest BCUT2D eigenvalue weighted by molar-refractivity contribution is 0.241. The molecule has 3 aromatic rings. The summed E-state index contributed by atoms with van der Waals surface area (Å²) >= 11 is 6.91. The van der Waals surface area contributed by atoms with Gasteiger partial charge in [0.2, 0.25) is 0 Å². The Labute approximate surface area is 174 Å². The van der Waals surface area contributed by atoms with Crippen LogP contribution >= 0.6 is 31.9 Å². The number of fused-ring (bicyclic) bond motifs is 1. The Hall–Kier alpha value is -1.99. The van der Waals surface area contributed by atoms with Gasteiger partial charge in [-0.05, 0) is 71.7 Å².